The second-order valence-corrected chi connectivity index (χ2v) is 6.74. The molecule has 0 aliphatic carbocycles. The number of ether oxygens (including phenoxy) is 3. The summed E-state index contributed by atoms with van der Waals surface area (Å²) < 4.78 is 16.6. The van der Waals surface area contributed by atoms with Gasteiger partial charge in [0.2, 0.25) is 5.91 Å². The Labute approximate surface area is 158 Å². The molecule has 0 spiro atoms. The van der Waals surface area contributed by atoms with Gasteiger partial charge in [-0.1, -0.05) is 30.3 Å². The number of hydrogen-bond acceptors (Lipinski definition) is 7. The molecule has 3 N–H and O–H groups in total. The van der Waals surface area contributed by atoms with Crippen LogP contribution in [0.1, 0.15) is 26.3 Å². The molecule has 0 bridgehead atoms. The zero-order chi connectivity index (χ0) is 20.0. The molecule has 1 saturated heterocycles. The molecule has 2 rings (SSSR count). The first-order valence-corrected chi connectivity index (χ1v) is 8.91. The molecule has 1 aromatic carbocycles. The van der Waals surface area contributed by atoms with Crippen LogP contribution in [0, 0.1) is 0 Å². The van der Waals surface area contributed by atoms with Crippen molar-refractivity contribution in [1.29, 1.82) is 0 Å². The molecule has 1 amide bonds. The molecule has 5 atom stereocenters. The van der Waals surface area contributed by atoms with E-state index >= 15 is 0 Å². The fourth-order valence-electron chi connectivity index (χ4n) is 2.99. The van der Waals surface area contributed by atoms with Gasteiger partial charge in [-0.15, -0.1) is 0 Å². The fraction of sp³-hybridized carbons (Fsp3) is 0.579. The van der Waals surface area contributed by atoms with Gasteiger partial charge in [0.25, 0.3) is 0 Å². The van der Waals surface area contributed by atoms with E-state index in [1.165, 1.54) is 6.92 Å². The lowest BCUT2D eigenvalue weighted by Gasteiger charge is -2.44. The van der Waals surface area contributed by atoms with E-state index in [-0.39, 0.29) is 12.7 Å². The summed E-state index contributed by atoms with van der Waals surface area (Å²) in [5.41, 5.74) is 0.798. The molecule has 8 heteroatoms. The van der Waals surface area contributed by atoms with Crippen LogP contribution in [-0.4, -0.2) is 65.3 Å². The highest BCUT2D eigenvalue weighted by Gasteiger charge is 2.50. The van der Waals surface area contributed by atoms with E-state index in [1.54, 1.807) is 13.8 Å². The first kappa shape index (κ1) is 21.3. The number of nitrogens with one attached hydrogen (secondary N) is 1. The monoisotopic (exact) mass is 381 g/mol. The molecule has 1 aliphatic rings. The molecule has 1 fully saturated rings. The molecule has 1 aliphatic heterocycles. The van der Waals surface area contributed by atoms with E-state index in [0.717, 1.165) is 5.56 Å². The molecule has 0 saturated carbocycles. The highest BCUT2D eigenvalue weighted by molar-refractivity contribution is 5.79. The van der Waals surface area contributed by atoms with E-state index in [2.05, 4.69) is 5.32 Å². The lowest BCUT2D eigenvalue weighted by Crippen LogP contribution is -2.67. The Balaban J connectivity index is 2.19. The summed E-state index contributed by atoms with van der Waals surface area (Å²) in [6, 6.07) is 8.17. The van der Waals surface area contributed by atoms with E-state index in [1.807, 2.05) is 30.3 Å². The normalized spacial score (nSPS) is 28.0. The summed E-state index contributed by atoms with van der Waals surface area (Å²) in [5, 5.41) is 22.6. The molecule has 0 aromatic heterocycles. The van der Waals surface area contributed by atoms with Crippen LogP contribution in [0.2, 0.25) is 0 Å². The molecule has 150 valence electrons. The number of aliphatic hydroxyl groups excluding tert-OH is 2. The first-order valence-electron chi connectivity index (χ1n) is 8.91. The number of carbonyl (C=O) groups excluding carboxylic acids is 2. The zero-order valence-electron chi connectivity index (χ0n) is 15.7. The number of benzene rings is 1. The summed E-state index contributed by atoms with van der Waals surface area (Å²) in [6.45, 7) is 4.36. The Morgan fingerprint density at radius 3 is 2.48 bits per heavy atom. The van der Waals surface area contributed by atoms with Crippen LogP contribution in [0.15, 0.2) is 30.3 Å². The van der Waals surface area contributed by atoms with Crippen molar-refractivity contribution in [2.75, 3.05) is 6.61 Å². The van der Waals surface area contributed by atoms with Gasteiger partial charge in [-0.2, -0.15) is 0 Å². The number of hydrogen-bond donors (Lipinski definition) is 3. The van der Waals surface area contributed by atoms with Gasteiger partial charge in [0.1, 0.15) is 24.9 Å². The fourth-order valence-corrected chi connectivity index (χ4v) is 2.99. The second-order valence-electron chi connectivity index (χ2n) is 6.74. The third-order valence-electron chi connectivity index (χ3n) is 4.15. The summed E-state index contributed by atoms with van der Waals surface area (Å²) in [5.74, 6) is -1.11. The largest absolute Gasteiger partial charge is 0.459 e. The Hall–Kier alpha value is -2.00. The van der Waals surface area contributed by atoms with Crippen LogP contribution in [0.5, 0.6) is 0 Å². The summed E-state index contributed by atoms with van der Waals surface area (Å²) >= 11 is 0. The molecular weight excluding hydrogens is 354 g/mol. The molecule has 8 nitrogen and oxygen atoms in total. The summed E-state index contributed by atoms with van der Waals surface area (Å²) in [7, 11) is 0. The second kappa shape index (κ2) is 9.80. The van der Waals surface area contributed by atoms with Crippen molar-refractivity contribution < 1.29 is 34.0 Å². The highest BCUT2D eigenvalue weighted by atomic mass is 16.6. The first-order chi connectivity index (χ1) is 12.8. The zero-order valence-corrected chi connectivity index (χ0v) is 15.7. The van der Waals surface area contributed by atoms with Crippen molar-refractivity contribution in [2.45, 2.75) is 63.9 Å². The Bertz CT molecular complexity index is 622. The van der Waals surface area contributed by atoms with Crippen LogP contribution >= 0.6 is 0 Å². The smallest absolute Gasteiger partial charge is 0.337 e. The van der Waals surface area contributed by atoms with E-state index < -0.39 is 48.9 Å². The van der Waals surface area contributed by atoms with Gasteiger partial charge in [-0.3, -0.25) is 4.79 Å². The van der Waals surface area contributed by atoms with Crippen LogP contribution in [0.25, 0.3) is 0 Å². The molecular formula is C19H27NO7. The lowest BCUT2D eigenvalue weighted by atomic mass is 9.92. The van der Waals surface area contributed by atoms with Crippen molar-refractivity contribution in [3.8, 4) is 0 Å². The van der Waals surface area contributed by atoms with Gasteiger partial charge in [0.05, 0.1) is 18.8 Å². The van der Waals surface area contributed by atoms with Gasteiger partial charge >= 0.3 is 5.97 Å². The number of carbonyl (C=O) groups is 2. The van der Waals surface area contributed by atoms with Gasteiger partial charge in [-0.05, 0) is 19.4 Å². The number of aliphatic hydroxyl groups is 2. The van der Waals surface area contributed by atoms with Crippen molar-refractivity contribution >= 4 is 11.9 Å². The topological polar surface area (TPSA) is 114 Å². The Morgan fingerprint density at radius 1 is 1.26 bits per heavy atom. The summed E-state index contributed by atoms with van der Waals surface area (Å²) in [6.07, 6.45) is -4.68. The highest BCUT2D eigenvalue weighted by Crippen LogP contribution is 2.26. The quantitative estimate of drug-likeness (QED) is 0.576. The SMILES string of the molecule is CC(=O)NC1C(C(=O)OCc2ccccc2)OC(CO)[C@H](O)C1OC(C)C. The van der Waals surface area contributed by atoms with E-state index in [4.69, 9.17) is 14.2 Å². The third kappa shape index (κ3) is 5.74. The van der Waals surface area contributed by atoms with E-state index in [0.29, 0.717) is 0 Å². The van der Waals surface area contributed by atoms with Crippen molar-refractivity contribution in [1.82, 2.24) is 5.32 Å². The maximum absolute atomic E-state index is 12.6. The number of esters is 1. The van der Waals surface area contributed by atoms with Gasteiger partial charge in [0, 0.05) is 6.92 Å². The van der Waals surface area contributed by atoms with Crippen LogP contribution in [-0.2, 0) is 30.4 Å². The molecule has 27 heavy (non-hydrogen) atoms. The van der Waals surface area contributed by atoms with Crippen LogP contribution < -0.4 is 5.32 Å². The molecule has 4 unspecified atom stereocenters. The molecule has 1 heterocycles. The average Bonchev–Trinajstić information content (AvgIpc) is 2.63. The predicted octanol–water partition coefficient (Wildman–Crippen LogP) is 0.149. The van der Waals surface area contributed by atoms with Crippen LogP contribution in [0.3, 0.4) is 0 Å². The van der Waals surface area contributed by atoms with Gasteiger partial charge in [-0.25, -0.2) is 4.79 Å². The number of amides is 1. The number of rotatable bonds is 7. The van der Waals surface area contributed by atoms with Crippen molar-refractivity contribution in [3.63, 3.8) is 0 Å². The van der Waals surface area contributed by atoms with Crippen LogP contribution in [0.4, 0.5) is 0 Å². The minimum atomic E-state index is -1.22. The minimum Gasteiger partial charge on any atom is -0.459 e. The maximum Gasteiger partial charge on any atom is 0.337 e. The van der Waals surface area contributed by atoms with Crippen molar-refractivity contribution in [3.05, 3.63) is 35.9 Å². The Morgan fingerprint density at radius 2 is 1.93 bits per heavy atom. The molecule has 1 aromatic rings. The molecule has 0 radical (unpaired) electrons. The van der Waals surface area contributed by atoms with Gasteiger partial charge in [0.15, 0.2) is 6.10 Å². The van der Waals surface area contributed by atoms with E-state index in [9.17, 15) is 19.8 Å². The predicted molar refractivity (Wildman–Crippen MR) is 95.6 cm³/mol. The standard InChI is InChI=1S/C19H27NO7/c1-11(2)26-17-15(20-12(3)22)18(27-14(9-21)16(17)23)19(24)25-10-13-7-5-4-6-8-13/h4-8,11,14-18,21,23H,9-10H2,1-3H3,(H,20,22)/t14?,15?,16-,17?,18?/m0/s1. The van der Waals surface area contributed by atoms with Gasteiger partial charge < -0.3 is 29.7 Å². The Kier molecular flexibility index (Phi) is 7.73. The maximum atomic E-state index is 12.6. The summed E-state index contributed by atoms with van der Waals surface area (Å²) in [4.78, 5) is 24.3. The lowest BCUT2D eigenvalue weighted by molar-refractivity contribution is -0.224. The van der Waals surface area contributed by atoms with Crippen molar-refractivity contribution in [2.24, 2.45) is 0 Å². The third-order valence-corrected chi connectivity index (χ3v) is 4.15. The minimum absolute atomic E-state index is 0.0361. The average molecular weight is 381 g/mol.